The molecule has 0 bridgehead atoms. The molecule has 102 valence electrons. The summed E-state index contributed by atoms with van der Waals surface area (Å²) in [7, 11) is 1.97. The van der Waals surface area contributed by atoms with Crippen molar-refractivity contribution in [3.8, 4) is 0 Å². The molecule has 1 N–H and O–H groups in total. The SMILES string of the molecule is CNCc1cc(COCc2ccc(Br)cc2)c(C)s1. The van der Waals surface area contributed by atoms with Gasteiger partial charge in [0, 0.05) is 20.8 Å². The highest BCUT2D eigenvalue weighted by Gasteiger charge is 2.05. The second kappa shape index (κ2) is 7.20. The Morgan fingerprint density at radius 3 is 2.63 bits per heavy atom. The molecule has 1 heterocycles. The van der Waals surface area contributed by atoms with E-state index >= 15 is 0 Å². The molecule has 0 radical (unpaired) electrons. The molecule has 0 unspecified atom stereocenters. The minimum Gasteiger partial charge on any atom is -0.372 e. The Bertz CT molecular complexity index is 521. The van der Waals surface area contributed by atoms with Crippen LogP contribution in [0.15, 0.2) is 34.8 Å². The minimum atomic E-state index is 0.657. The molecule has 2 aromatic rings. The van der Waals surface area contributed by atoms with Gasteiger partial charge in [0.1, 0.15) is 0 Å². The van der Waals surface area contributed by atoms with Crippen LogP contribution in [0.25, 0.3) is 0 Å². The first-order valence-corrected chi connectivity index (χ1v) is 7.85. The molecule has 0 spiro atoms. The van der Waals surface area contributed by atoms with E-state index in [9.17, 15) is 0 Å². The average molecular weight is 340 g/mol. The van der Waals surface area contributed by atoms with E-state index in [2.05, 4.69) is 46.4 Å². The fourth-order valence-corrected chi connectivity index (χ4v) is 3.18. The number of ether oxygens (including phenoxy) is 1. The van der Waals surface area contributed by atoms with Crippen molar-refractivity contribution in [1.82, 2.24) is 5.32 Å². The Morgan fingerprint density at radius 2 is 1.95 bits per heavy atom. The molecule has 0 amide bonds. The zero-order valence-electron chi connectivity index (χ0n) is 11.2. The van der Waals surface area contributed by atoms with E-state index in [4.69, 9.17) is 4.74 Å². The van der Waals surface area contributed by atoms with Gasteiger partial charge in [-0.3, -0.25) is 0 Å². The molecule has 19 heavy (non-hydrogen) atoms. The van der Waals surface area contributed by atoms with E-state index in [0.717, 1.165) is 11.0 Å². The summed E-state index contributed by atoms with van der Waals surface area (Å²) in [5.41, 5.74) is 2.50. The maximum atomic E-state index is 5.79. The summed E-state index contributed by atoms with van der Waals surface area (Å²) in [4.78, 5) is 2.71. The Balaban J connectivity index is 1.86. The number of aryl methyl sites for hydroxylation is 1. The first-order chi connectivity index (χ1) is 9.19. The van der Waals surface area contributed by atoms with E-state index in [1.54, 1.807) is 0 Å². The molecule has 2 rings (SSSR count). The van der Waals surface area contributed by atoms with E-state index in [1.807, 2.05) is 30.5 Å². The van der Waals surface area contributed by atoms with Crippen molar-refractivity contribution in [1.29, 1.82) is 0 Å². The van der Waals surface area contributed by atoms with Crippen LogP contribution in [0, 0.1) is 6.92 Å². The topological polar surface area (TPSA) is 21.3 Å². The predicted octanol–water partition coefficient (Wildman–Crippen LogP) is 4.26. The first kappa shape index (κ1) is 14.7. The van der Waals surface area contributed by atoms with Gasteiger partial charge in [0.25, 0.3) is 0 Å². The van der Waals surface area contributed by atoms with Crippen LogP contribution in [0.4, 0.5) is 0 Å². The van der Waals surface area contributed by atoms with Gasteiger partial charge in [-0.2, -0.15) is 0 Å². The van der Waals surface area contributed by atoms with Crippen molar-refractivity contribution >= 4 is 27.3 Å². The van der Waals surface area contributed by atoms with Gasteiger partial charge >= 0.3 is 0 Å². The third-order valence-corrected chi connectivity index (χ3v) is 4.48. The summed E-state index contributed by atoms with van der Waals surface area (Å²) in [5.74, 6) is 0. The normalized spacial score (nSPS) is 10.9. The number of hydrogen-bond acceptors (Lipinski definition) is 3. The lowest BCUT2D eigenvalue weighted by Gasteiger charge is -2.04. The zero-order valence-corrected chi connectivity index (χ0v) is 13.6. The Labute approximate surface area is 126 Å². The predicted molar refractivity (Wildman–Crippen MR) is 84.5 cm³/mol. The summed E-state index contributed by atoms with van der Waals surface area (Å²) < 4.78 is 6.89. The molecule has 4 heteroatoms. The van der Waals surface area contributed by atoms with Gasteiger partial charge in [0.05, 0.1) is 13.2 Å². The van der Waals surface area contributed by atoms with Crippen molar-refractivity contribution in [2.75, 3.05) is 7.05 Å². The van der Waals surface area contributed by atoms with Gasteiger partial charge in [-0.25, -0.2) is 0 Å². The number of thiophene rings is 1. The molecule has 0 fully saturated rings. The fourth-order valence-electron chi connectivity index (χ4n) is 1.85. The first-order valence-electron chi connectivity index (χ1n) is 6.24. The lowest BCUT2D eigenvalue weighted by atomic mass is 10.2. The van der Waals surface area contributed by atoms with Crippen LogP contribution in [0.3, 0.4) is 0 Å². The maximum Gasteiger partial charge on any atom is 0.0732 e. The molecule has 1 aromatic heterocycles. The molecule has 2 nitrogen and oxygen atoms in total. The van der Waals surface area contributed by atoms with E-state index in [1.165, 1.54) is 20.9 Å². The smallest absolute Gasteiger partial charge is 0.0732 e. The lowest BCUT2D eigenvalue weighted by Crippen LogP contribution is -2.02. The van der Waals surface area contributed by atoms with Crippen molar-refractivity contribution < 1.29 is 4.74 Å². The van der Waals surface area contributed by atoms with Crippen LogP contribution in [-0.4, -0.2) is 7.05 Å². The molecule has 0 aliphatic rings. The fraction of sp³-hybridized carbons (Fsp3) is 0.333. The van der Waals surface area contributed by atoms with Crippen molar-refractivity contribution in [2.24, 2.45) is 0 Å². The lowest BCUT2D eigenvalue weighted by molar-refractivity contribution is 0.107. The van der Waals surface area contributed by atoms with Gasteiger partial charge in [-0.05, 0) is 43.3 Å². The van der Waals surface area contributed by atoms with Gasteiger partial charge in [0.15, 0.2) is 0 Å². The third-order valence-electron chi connectivity index (χ3n) is 2.86. The molecule has 0 saturated carbocycles. The maximum absolute atomic E-state index is 5.79. The van der Waals surface area contributed by atoms with E-state index < -0.39 is 0 Å². The second-order valence-corrected chi connectivity index (χ2v) is 6.70. The Morgan fingerprint density at radius 1 is 1.21 bits per heavy atom. The summed E-state index contributed by atoms with van der Waals surface area (Å²) in [6.07, 6.45) is 0. The highest BCUT2D eigenvalue weighted by atomic mass is 79.9. The number of nitrogens with one attached hydrogen (secondary N) is 1. The largest absolute Gasteiger partial charge is 0.372 e. The van der Waals surface area contributed by atoms with Crippen molar-refractivity contribution in [2.45, 2.75) is 26.7 Å². The highest BCUT2D eigenvalue weighted by Crippen LogP contribution is 2.22. The van der Waals surface area contributed by atoms with E-state index in [-0.39, 0.29) is 0 Å². The van der Waals surface area contributed by atoms with Gasteiger partial charge in [-0.15, -0.1) is 11.3 Å². The number of rotatable bonds is 6. The number of hydrogen-bond donors (Lipinski definition) is 1. The second-order valence-electron chi connectivity index (χ2n) is 4.44. The van der Waals surface area contributed by atoms with E-state index in [0.29, 0.717) is 13.2 Å². The Hall–Kier alpha value is -0.680. The van der Waals surface area contributed by atoms with Crippen LogP contribution < -0.4 is 5.32 Å². The standard InChI is InChI=1S/C15H18BrNOS/c1-11-13(7-15(19-11)8-17-2)10-18-9-12-3-5-14(16)6-4-12/h3-7,17H,8-10H2,1-2H3. The monoisotopic (exact) mass is 339 g/mol. The van der Waals surface area contributed by atoms with Crippen molar-refractivity contribution in [3.05, 3.63) is 55.7 Å². The van der Waals surface area contributed by atoms with Crippen LogP contribution >= 0.6 is 27.3 Å². The van der Waals surface area contributed by atoms with Gasteiger partial charge < -0.3 is 10.1 Å². The molecular weight excluding hydrogens is 322 g/mol. The molecule has 0 aliphatic heterocycles. The summed E-state index contributed by atoms with van der Waals surface area (Å²) in [5, 5.41) is 3.18. The molecule has 0 aliphatic carbocycles. The minimum absolute atomic E-state index is 0.657. The van der Waals surface area contributed by atoms with Gasteiger partial charge in [-0.1, -0.05) is 28.1 Å². The quantitative estimate of drug-likeness (QED) is 0.849. The van der Waals surface area contributed by atoms with Crippen LogP contribution in [0.2, 0.25) is 0 Å². The summed E-state index contributed by atoms with van der Waals surface area (Å²) in [6, 6.07) is 10.5. The van der Waals surface area contributed by atoms with Crippen LogP contribution in [0.1, 0.15) is 20.9 Å². The van der Waals surface area contributed by atoms with Gasteiger partial charge in [0.2, 0.25) is 0 Å². The van der Waals surface area contributed by atoms with Crippen molar-refractivity contribution in [3.63, 3.8) is 0 Å². The molecule has 0 atom stereocenters. The zero-order chi connectivity index (χ0) is 13.7. The summed E-state index contributed by atoms with van der Waals surface area (Å²) >= 11 is 5.27. The third kappa shape index (κ3) is 4.42. The summed E-state index contributed by atoms with van der Waals surface area (Å²) in [6.45, 7) is 4.42. The molecule has 0 saturated heterocycles. The highest BCUT2D eigenvalue weighted by molar-refractivity contribution is 9.10. The average Bonchev–Trinajstić information content (AvgIpc) is 2.73. The Kier molecular flexibility index (Phi) is 5.58. The van der Waals surface area contributed by atoms with Crippen LogP contribution in [-0.2, 0) is 24.5 Å². The number of halogens is 1. The molecule has 1 aromatic carbocycles. The molecular formula is C15H18BrNOS. The van der Waals surface area contributed by atoms with Crippen LogP contribution in [0.5, 0.6) is 0 Å². The number of benzene rings is 1.